The quantitative estimate of drug-likeness (QED) is 0.705. The summed E-state index contributed by atoms with van der Waals surface area (Å²) in [6, 6.07) is 0. The summed E-state index contributed by atoms with van der Waals surface area (Å²) in [5.74, 6) is 0. The number of hydrogen-bond donors (Lipinski definition) is 1. The van der Waals surface area contributed by atoms with Crippen LogP contribution in [0, 0.1) is 0 Å². The lowest BCUT2D eigenvalue weighted by Gasteiger charge is -2.36. The van der Waals surface area contributed by atoms with Crippen molar-refractivity contribution in [3.8, 4) is 0 Å². The summed E-state index contributed by atoms with van der Waals surface area (Å²) in [6.07, 6.45) is 1.66. The Morgan fingerprint density at radius 1 is 1.43 bits per heavy atom. The van der Waals surface area contributed by atoms with Gasteiger partial charge in [-0.3, -0.25) is 0 Å². The van der Waals surface area contributed by atoms with Crippen molar-refractivity contribution in [2.45, 2.75) is 39.4 Å². The van der Waals surface area contributed by atoms with E-state index in [2.05, 4.69) is 31.0 Å². The molecule has 0 aromatic heterocycles. The summed E-state index contributed by atoms with van der Waals surface area (Å²) in [6.45, 7) is 9.08. The van der Waals surface area contributed by atoms with Crippen LogP contribution in [0.2, 0.25) is 0 Å². The maximum absolute atomic E-state index is 5.64. The van der Waals surface area contributed by atoms with Gasteiger partial charge in [0.25, 0.3) is 0 Å². The number of ether oxygens (including phenoxy) is 1. The molecule has 1 aliphatic rings. The first kappa shape index (κ1) is 11.7. The minimum Gasteiger partial charge on any atom is -0.372 e. The van der Waals surface area contributed by atoms with Gasteiger partial charge in [0, 0.05) is 19.6 Å². The van der Waals surface area contributed by atoms with Gasteiger partial charge in [-0.2, -0.15) is 0 Å². The Bertz CT molecular complexity index is 189. The lowest BCUT2D eigenvalue weighted by atomic mass is 10.2. The number of morpholine rings is 1. The minimum absolute atomic E-state index is 0.278. The Labute approximate surface area is 91.8 Å². The fraction of sp³-hybridized carbons (Fsp3) is 0.900. The van der Waals surface area contributed by atoms with E-state index in [4.69, 9.17) is 17.0 Å². The van der Waals surface area contributed by atoms with Crippen LogP contribution in [0.3, 0.4) is 0 Å². The Kier molecular flexibility index (Phi) is 4.62. The van der Waals surface area contributed by atoms with E-state index in [-0.39, 0.29) is 12.2 Å². The first-order chi connectivity index (χ1) is 6.63. The molecule has 14 heavy (non-hydrogen) atoms. The van der Waals surface area contributed by atoms with Crippen molar-refractivity contribution in [1.29, 1.82) is 0 Å². The maximum Gasteiger partial charge on any atom is 0.169 e. The Balaban J connectivity index is 2.38. The van der Waals surface area contributed by atoms with E-state index < -0.39 is 0 Å². The summed E-state index contributed by atoms with van der Waals surface area (Å²) < 4.78 is 5.64. The molecule has 2 atom stereocenters. The van der Waals surface area contributed by atoms with Crippen LogP contribution < -0.4 is 5.32 Å². The SMILES string of the molecule is CCCNC(=S)N1C[C@@H](C)O[C@@H](C)C1. The van der Waals surface area contributed by atoms with Crippen LogP contribution in [-0.2, 0) is 4.74 Å². The van der Waals surface area contributed by atoms with Gasteiger partial charge < -0.3 is 15.0 Å². The number of hydrogen-bond acceptors (Lipinski definition) is 2. The normalized spacial score (nSPS) is 27.5. The molecule has 3 nitrogen and oxygen atoms in total. The van der Waals surface area contributed by atoms with Crippen molar-refractivity contribution in [3.05, 3.63) is 0 Å². The molecule has 1 aliphatic heterocycles. The first-order valence-corrected chi connectivity index (χ1v) is 5.72. The van der Waals surface area contributed by atoms with Crippen molar-refractivity contribution in [2.24, 2.45) is 0 Å². The zero-order valence-corrected chi connectivity index (χ0v) is 10.1. The second-order valence-corrected chi connectivity index (χ2v) is 4.28. The van der Waals surface area contributed by atoms with E-state index in [1.807, 2.05) is 0 Å². The van der Waals surface area contributed by atoms with E-state index in [9.17, 15) is 0 Å². The lowest BCUT2D eigenvalue weighted by Crippen LogP contribution is -2.51. The molecule has 0 spiro atoms. The molecular formula is C10H20N2OS. The largest absolute Gasteiger partial charge is 0.372 e. The third-order valence-electron chi connectivity index (χ3n) is 2.23. The molecule has 0 aliphatic carbocycles. The smallest absolute Gasteiger partial charge is 0.169 e. The highest BCUT2D eigenvalue weighted by molar-refractivity contribution is 7.80. The van der Waals surface area contributed by atoms with Crippen molar-refractivity contribution in [1.82, 2.24) is 10.2 Å². The molecule has 0 radical (unpaired) electrons. The summed E-state index contributed by atoms with van der Waals surface area (Å²) in [5.41, 5.74) is 0. The average Bonchev–Trinajstić information content (AvgIpc) is 2.12. The highest BCUT2D eigenvalue weighted by atomic mass is 32.1. The summed E-state index contributed by atoms with van der Waals surface area (Å²) in [4.78, 5) is 2.20. The molecule has 0 aromatic rings. The fourth-order valence-corrected chi connectivity index (χ4v) is 1.94. The topological polar surface area (TPSA) is 24.5 Å². The Morgan fingerprint density at radius 3 is 2.50 bits per heavy atom. The third kappa shape index (κ3) is 3.42. The molecule has 0 bridgehead atoms. The Morgan fingerprint density at radius 2 is 2.00 bits per heavy atom. The molecule has 0 saturated carbocycles. The second kappa shape index (κ2) is 5.51. The third-order valence-corrected chi connectivity index (χ3v) is 2.64. The maximum atomic E-state index is 5.64. The van der Waals surface area contributed by atoms with Crippen LogP contribution in [0.1, 0.15) is 27.2 Å². The van der Waals surface area contributed by atoms with Gasteiger partial charge in [-0.05, 0) is 32.5 Å². The molecule has 1 N–H and O–H groups in total. The number of nitrogens with one attached hydrogen (secondary N) is 1. The van der Waals surface area contributed by atoms with Crippen molar-refractivity contribution in [3.63, 3.8) is 0 Å². The van der Waals surface area contributed by atoms with E-state index in [0.29, 0.717) is 0 Å². The highest BCUT2D eigenvalue weighted by Crippen LogP contribution is 2.10. The van der Waals surface area contributed by atoms with Gasteiger partial charge in [-0.15, -0.1) is 0 Å². The standard InChI is InChI=1S/C10H20N2OS/c1-4-5-11-10(14)12-6-8(2)13-9(3)7-12/h8-9H,4-7H2,1-3H3,(H,11,14)/t8-,9+. The monoisotopic (exact) mass is 216 g/mol. The minimum atomic E-state index is 0.278. The van der Waals surface area contributed by atoms with E-state index in [0.717, 1.165) is 31.2 Å². The van der Waals surface area contributed by atoms with Crippen LogP contribution in [0.15, 0.2) is 0 Å². The summed E-state index contributed by atoms with van der Waals surface area (Å²) in [7, 11) is 0. The molecule has 4 heteroatoms. The fourth-order valence-electron chi connectivity index (χ4n) is 1.69. The van der Waals surface area contributed by atoms with E-state index in [1.54, 1.807) is 0 Å². The van der Waals surface area contributed by atoms with Gasteiger partial charge in [0.05, 0.1) is 12.2 Å². The second-order valence-electron chi connectivity index (χ2n) is 3.89. The predicted molar refractivity (Wildman–Crippen MR) is 62.5 cm³/mol. The van der Waals surface area contributed by atoms with Gasteiger partial charge in [0.2, 0.25) is 0 Å². The van der Waals surface area contributed by atoms with Crippen molar-refractivity contribution >= 4 is 17.3 Å². The molecule has 1 fully saturated rings. The Hall–Kier alpha value is -0.350. The number of nitrogens with zero attached hydrogens (tertiary/aromatic N) is 1. The first-order valence-electron chi connectivity index (χ1n) is 5.31. The van der Waals surface area contributed by atoms with Crippen LogP contribution >= 0.6 is 12.2 Å². The predicted octanol–water partition coefficient (Wildman–Crippen LogP) is 1.38. The molecular weight excluding hydrogens is 196 g/mol. The molecule has 82 valence electrons. The molecule has 0 amide bonds. The van der Waals surface area contributed by atoms with Gasteiger partial charge in [-0.25, -0.2) is 0 Å². The molecule has 0 unspecified atom stereocenters. The van der Waals surface area contributed by atoms with Crippen LogP contribution in [-0.4, -0.2) is 41.9 Å². The van der Waals surface area contributed by atoms with E-state index in [1.165, 1.54) is 0 Å². The summed E-state index contributed by atoms with van der Waals surface area (Å²) in [5, 5.41) is 4.11. The van der Waals surface area contributed by atoms with Crippen LogP contribution in [0.5, 0.6) is 0 Å². The van der Waals surface area contributed by atoms with Crippen molar-refractivity contribution < 1.29 is 4.74 Å². The van der Waals surface area contributed by atoms with Crippen LogP contribution in [0.25, 0.3) is 0 Å². The molecule has 1 saturated heterocycles. The zero-order chi connectivity index (χ0) is 10.6. The molecule has 0 aromatic carbocycles. The highest BCUT2D eigenvalue weighted by Gasteiger charge is 2.23. The lowest BCUT2D eigenvalue weighted by molar-refractivity contribution is -0.0481. The van der Waals surface area contributed by atoms with Gasteiger partial charge in [-0.1, -0.05) is 6.92 Å². The molecule has 1 heterocycles. The molecule has 1 rings (SSSR count). The van der Waals surface area contributed by atoms with Crippen molar-refractivity contribution in [2.75, 3.05) is 19.6 Å². The van der Waals surface area contributed by atoms with Gasteiger partial charge in [0.1, 0.15) is 0 Å². The summed E-state index contributed by atoms with van der Waals surface area (Å²) >= 11 is 5.30. The number of thiocarbonyl (C=S) groups is 1. The van der Waals surface area contributed by atoms with E-state index >= 15 is 0 Å². The zero-order valence-electron chi connectivity index (χ0n) is 9.25. The average molecular weight is 216 g/mol. The van der Waals surface area contributed by atoms with Crippen LogP contribution in [0.4, 0.5) is 0 Å². The number of rotatable bonds is 2. The van der Waals surface area contributed by atoms with Gasteiger partial charge in [0.15, 0.2) is 5.11 Å². The van der Waals surface area contributed by atoms with Gasteiger partial charge >= 0.3 is 0 Å².